The van der Waals surface area contributed by atoms with Crippen LogP contribution in [-0.4, -0.2) is 84.9 Å². The van der Waals surface area contributed by atoms with Crippen molar-refractivity contribution >= 4 is 34.0 Å². The topological polar surface area (TPSA) is 65.0 Å². The minimum Gasteiger partial charge on any atom is -0.459 e. The van der Waals surface area contributed by atoms with Crippen molar-refractivity contribution in [2.75, 3.05) is 82.8 Å². The van der Waals surface area contributed by atoms with Crippen molar-refractivity contribution in [3.63, 3.8) is 0 Å². The largest absolute Gasteiger partial charge is 0.459 e. The fraction of sp³-hybridized carbons (Fsp3) is 0.469. The average molecular weight is 546 g/mol. The van der Waals surface area contributed by atoms with Gasteiger partial charge in [-0.3, -0.25) is 4.99 Å². The summed E-state index contributed by atoms with van der Waals surface area (Å²) >= 11 is 0. The van der Waals surface area contributed by atoms with E-state index < -0.39 is 5.72 Å². The number of hydrogen-bond acceptors (Lipinski definition) is 8. The lowest BCUT2D eigenvalue weighted by Gasteiger charge is -2.45. The van der Waals surface area contributed by atoms with E-state index in [1.165, 1.54) is 5.56 Å². The second-order valence-corrected chi connectivity index (χ2v) is 11.0. The first-order valence-electron chi connectivity index (χ1n) is 14.2. The maximum Gasteiger partial charge on any atom is 0.228 e. The molecule has 0 amide bonds. The molecule has 1 unspecified atom stereocenters. The van der Waals surface area contributed by atoms with Gasteiger partial charge in [0.1, 0.15) is 5.69 Å². The van der Waals surface area contributed by atoms with Crippen LogP contribution in [0.5, 0.6) is 5.75 Å². The summed E-state index contributed by atoms with van der Waals surface area (Å²) in [5.41, 5.74) is 3.30. The van der Waals surface area contributed by atoms with E-state index in [1.54, 1.807) is 0 Å². The minimum absolute atomic E-state index is 0.319. The fourth-order valence-electron chi connectivity index (χ4n) is 6.13. The highest BCUT2D eigenvalue weighted by Gasteiger charge is 2.58. The fourth-order valence-corrected chi connectivity index (χ4v) is 6.13. The Balaban J connectivity index is 1.36. The normalized spacial score (nSPS) is 23.8. The van der Waals surface area contributed by atoms with E-state index >= 15 is 0 Å². The van der Waals surface area contributed by atoms with Crippen LogP contribution in [0.1, 0.15) is 19.4 Å². The molecule has 1 saturated heterocycles. The van der Waals surface area contributed by atoms with Crippen LogP contribution in [0, 0.1) is 0 Å². The zero-order valence-electron chi connectivity index (χ0n) is 23.7. The van der Waals surface area contributed by atoms with E-state index in [9.17, 15) is 0 Å². The lowest BCUT2D eigenvalue weighted by Crippen LogP contribution is -2.61. The number of fused-ring (bicyclic) bond motifs is 4. The highest BCUT2D eigenvalue weighted by molar-refractivity contribution is 6.06. The summed E-state index contributed by atoms with van der Waals surface area (Å²) in [7, 11) is 2.10. The summed E-state index contributed by atoms with van der Waals surface area (Å²) in [5, 5.41) is 2.20. The van der Waals surface area contributed by atoms with Crippen LogP contribution in [0.25, 0.3) is 10.8 Å². The molecular formula is C32H39N3O5. The van der Waals surface area contributed by atoms with Crippen molar-refractivity contribution in [1.82, 2.24) is 0 Å². The van der Waals surface area contributed by atoms with Crippen LogP contribution in [0.15, 0.2) is 59.6 Å². The van der Waals surface area contributed by atoms with E-state index in [2.05, 4.69) is 85.3 Å². The molecule has 1 atom stereocenters. The second kappa shape index (κ2) is 11.4. The molecule has 0 saturated carbocycles. The Morgan fingerprint density at radius 3 is 1.93 bits per heavy atom. The molecule has 3 aliphatic heterocycles. The molecule has 1 fully saturated rings. The van der Waals surface area contributed by atoms with E-state index in [1.807, 2.05) is 6.21 Å². The molecule has 3 aromatic carbocycles. The van der Waals surface area contributed by atoms with Crippen molar-refractivity contribution in [1.29, 1.82) is 0 Å². The molecular weight excluding hydrogens is 506 g/mol. The minimum atomic E-state index is -0.743. The zero-order chi connectivity index (χ0) is 27.6. The molecule has 3 aliphatic rings. The van der Waals surface area contributed by atoms with E-state index in [0.717, 1.165) is 33.6 Å². The summed E-state index contributed by atoms with van der Waals surface area (Å²) in [5.74, 6) is 0.781. The van der Waals surface area contributed by atoms with Gasteiger partial charge < -0.3 is 33.5 Å². The molecule has 8 heteroatoms. The number of hydrogen-bond donors (Lipinski definition) is 0. The third-order valence-electron chi connectivity index (χ3n) is 8.39. The van der Waals surface area contributed by atoms with Gasteiger partial charge in [0.2, 0.25) is 5.72 Å². The third kappa shape index (κ3) is 4.73. The van der Waals surface area contributed by atoms with Gasteiger partial charge in [-0.2, -0.15) is 0 Å². The Bertz CT molecular complexity index is 1360. The number of aliphatic imine (C=N–C) groups is 1. The van der Waals surface area contributed by atoms with Crippen LogP contribution in [0.4, 0.5) is 17.1 Å². The lowest BCUT2D eigenvalue weighted by atomic mass is 9.77. The molecule has 6 rings (SSSR count). The average Bonchev–Trinajstić information content (AvgIpc) is 3.12. The molecule has 212 valence electrons. The van der Waals surface area contributed by atoms with Gasteiger partial charge in [-0.25, -0.2) is 0 Å². The van der Waals surface area contributed by atoms with Crippen molar-refractivity contribution in [2.45, 2.75) is 25.0 Å². The van der Waals surface area contributed by atoms with Gasteiger partial charge in [-0.1, -0.05) is 42.5 Å². The number of ether oxygens (including phenoxy) is 5. The Labute approximate surface area is 236 Å². The van der Waals surface area contributed by atoms with Gasteiger partial charge >= 0.3 is 0 Å². The quantitative estimate of drug-likeness (QED) is 0.429. The number of para-hydroxylation sites is 1. The molecule has 0 radical (unpaired) electrons. The Morgan fingerprint density at radius 1 is 0.700 bits per heavy atom. The van der Waals surface area contributed by atoms with Gasteiger partial charge in [0.25, 0.3) is 0 Å². The first-order valence-corrected chi connectivity index (χ1v) is 14.2. The number of likely N-dealkylation sites (N-methyl/N-ethyl adjacent to an activating group) is 1. The van der Waals surface area contributed by atoms with Crippen LogP contribution in [0.2, 0.25) is 0 Å². The van der Waals surface area contributed by atoms with Crippen LogP contribution in [-0.2, 0) is 24.4 Å². The summed E-state index contributed by atoms with van der Waals surface area (Å²) in [6.07, 6.45) is 2.00. The number of nitrogens with zero attached hydrogens (tertiary/aromatic N) is 3. The molecule has 0 aromatic heterocycles. The molecule has 40 heavy (non-hydrogen) atoms. The Kier molecular flexibility index (Phi) is 7.68. The van der Waals surface area contributed by atoms with Crippen molar-refractivity contribution in [3.8, 4) is 5.75 Å². The highest BCUT2D eigenvalue weighted by atomic mass is 16.6. The number of anilines is 2. The van der Waals surface area contributed by atoms with Crippen LogP contribution < -0.4 is 14.5 Å². The standard InChI is InChI=1S/C32H39N3O5/c1-31(2)26-10-6-7-11-27(26)34(3)32(31)23-33-30-25-9-5-4-8-24(25)28(22-29(30)40-32)35-12-14-36-16-18-38-20-21-39-19-17-37-15-13-35/h4-11,22-23H,12-21H2,1-3H3. The summed E-state index contributed by atoms with van der Waals surface area (Å²) in [6, 6.07) is 19.1. The summed E-state index contributed by atoms with van der Waals surface area (Å²) in [6.45, 7) is 10.4. The van der Waals surface area contributed by atoms with Crippen LogP contribution in [0.3, 0.4) is 0 Å². The molecule has 3 aromatic rings. The lowest BCUT2D eigenvalue weighted by molar-refractivity contribution is 0.00206. The Morgan fingerprint density at radius 2 is 1.27 bits per heavy atom. The van der Waals surface area contributed by atoms with Gasteiger partial charge in [0.15, 0.2) is 5.75 Å². The maximum absolute atomic E-state index is 7.07. The second-order valence-electron chi connectivity index (χ2n) is 11.0. The smallest absolute Gasteiger partial charge is 0.228 e. The molecule has 3 heterocycles. The number of benzene rings is 3. The van der Waals surface area contributed by atoms with Gasteiger partial charge in [-0.05, 0) is 25.5 Å². The van der Waals surface area contributed by atoms with Crippen molar-refractivity contribution < 1.29 is 23.7 Å². The van der Waals surface area contributed by atoms with Gasteiger partial charge in [0, 0.05) is 48.4 Å². The third-order valence-corrected chi connectivity index (χ3v) is 8.39. The molecule has 0 N–H and O–H groups in total. The van der Waals surface area contributed by atoms with E-state index in [4.69, 9.17) is 28.7 Å². The predicted molar refractivity (Wildman–Crippen MR) is 159 cm³/mol. The molecule has 1 spiro atoms. The SMILES string of the molecule is CN1c2ccccc2C(C)(C)C12C=Nc1c(cc(N3CCOCCOCCOCCOCC3)c3ccccc13)O2. The molecule has 8 nitrogen and oxygen atoms in total. The van der Waals surface area contributed by atoms with Gasteiger partial charge in [0.05, 0.1) is 64.5 Å². The summed E-state index contributed by atoms with van der Waals surface area (Å²) in [4.78, 5) is 9.65. The van der Waals surface area contributed by atoms with Crippen molar-refractivity contribution in [3.05, 3.63) is 60.2 Å². The zero-order valence-corrected chi connectivity index (χ0v) is 23.7. The first kappa shape index (κ1) is 27.0. The first-order chi connectivity index (χ1) is 19.5. The summed E-state index contributed by atoms with van der Waals surface area (Å²) < 4.78 is 30.1. The molecule has 0 aliphatic carbocycles. The molecule has 0 bridgehead atoms. The number of rotatable bonds is 1. The van der Waals surface area contributed by atoms with Gasteiger partial charge in [-0.15, -0.1) is 0 Å². The maximum atomic E-state index is 7.07. The predicted octanol–water partition coefficient (Wildman–Crippen LogP) is 4.94. The van der Waals surface area contributed by atoms with E-state index in [0.29, 0.717) is 65.9 Å². The van der Waals surface area contributed by atoms with Crippen molar-refractivity contribution in [2.24, 2.45) is 4.99 Å². The monoisotopic (exact) mass is 545 g/mol. The van der Waals surface area contributed by atoms with Crippen LogP contribution >= 0.6 is 0 Å². The Hall–Kier alpha value is -3.17. The van der Waals surface area contributed by atoms with E-state index in [-0.39, 0.29) is 5.41 Å². The highest BCUT2D eigenvalue weighted by Crippen LogP contribution is 2.55.